The van der Waals surface area contributed by atoms with Crippen LogP contribution in [0.2, 0.25) is 0 Å². The highest BCUT2D eigenvalue weighted by molar-refractivity contribution is 5.75. The van der Waals surface area contributed by atoms with Crippen molar-refractivity contribution >= 4 is 5.91 Å². The van der Waals surface area contributed by atoms with Crippen LogP contribution in [0.5, 0.6) is 0 Å². The molecule has 0 spiro atoms. The van der Waals surface area contributed by atoms with Crippen molar-refractivity contribution < 1.29 is 9.18 Å². The molecule has 0 bridgehead atoms. The predicted molar refractivity (Wildman–Crippen MR) is 74.2 cm³/mol. The third kappa shape index (κ3) is 3.85. The molecule has 20 heavy (non-hydrogen) atoms. The third-order valence-corrected chi connectivity index (χ3v) is 2.81. The summed E-state index contributed by atoms with van der Waals surface area (Å²) >= 11 is 0. The van der Waals surface area contributed by atoms with Crippen LogP contribution in [0.3, 0.4) is 0 Å². The molecule has 0 unspecified atom stereocenters. The van der Waals surface area contributed by atoms with Crippen molar-refractivity contribution in [2.24, 2.45) is 0 Å². The van der Waals surface area contributed by atoms with E-state index in [1.165, 1.54) is 18.5 Å². The van der Waals surface area contributed by atoms with Crippen molar-refractivity contribution in [3.63, 3.8) is 0 Å². The smallest absolute Gasteiger partial charge is 0.220 e. The van der Waals surface area contributed by atoms with Gasteiger partial charge in [0.25, 0.3) is 0 Å². The van der Waals surface area contributed by atoms with Gasteiger partial charge in [-0.05, 0) is 36.8 Å². The summed E-state index contributed by atoms with van der Waals surface area (Å²) in [7, 11) is 0. The molecule has 5 heteroatoms. The van der Waals surface area contributed by atoms with Gasteiger partial charge >= 0.3 is 0 Å². The molecular weight excluding hydrogens is 257 g/mol. The molecule has 104 valence electrons. The van der Waals surface area contributed by atoms with Gasteiger partial charge in [0.15, 0.2) is 0 Å². The van der Waals surface area contributed by atoms with Crippen LogP contribution >= 0.6 is 0 Å². The number of nitrogens with zero attached hydrogens (tertiary/aromatic N) is 2. The fraction of sp³-hybridized carbons (Fsp3) is 0.267. The molecule has 0 aliphatic heterocycles. The van der Waals surface area contributed by atoms with E-state index in [0.29, 0.717) is 18.7 Å². The van der Waals surface area contributed by atoms with Gasteiger partial charge in [0.1, 0.15) is 12.1 Å². The first-order valence-corrected chi connectivity index (χ1v) is 6.52. The van der Waals surface area contributed by atoms with Gasteiger partial charge < -0.3 is 5.32 Å². The zero-order chi connectivity index (χ0) is 14.4. The Morgan fingerprint density at radius 1 is 1.25 bits per heavy atom. The quantitative estimate of drug-likeness (QED) is 0.911. The van der Waals surface area contributed by atoms with Gasteiger partial charge in [-0.3, -0.25) is 4.79 Å². The van der Waals surface area contributed by atoms with Crippen LogP contribution in [0.25, 0.3) is 11.3 Å². The summed E-state index contributed by atoms with van der Waals surface area (Å²) in [6, 6.07) is 7.90. The van der Waals surface area contributed by atoms with E-state index < -0.39 is 0 Å². The Balaban J connectivity index is 2.08. The number of hydrogen-bond donors (Lipinski definition) is 1. The number of carbonyl (C=O) groups excluding carboxylic acids is 1. The number of benzene rings is 1. The molecule has 2 aromatic rings. The molecule has 0 radical (unpaired) electrons. The standard InChI is InChI=1S/C15H16FN3O/c1-2-3-15(20)17-9-13-8-14(19-10-18-13)11-4-6-12(16)7-5-11/h4-8,10H,2-3,9H2,1H3,(H,17,20). The summed E-state index contributed by atoms with van der Waals surface area (Å²) in [6.07, 6.45) is 2.77. The van der Waals surface area contributed by atoms with E-state index in [0.717, 1.165) is 17.7 Å². The van der Waals surface area contributed by atoms with Crippen LogP contribution in [-0.2, 0) is 11.3 Å². The average Bonchev–Trinajstić information content (AvgIpc) is 2.47. The summed E-state index contributed by atoms with van der Waals surface area (Å²) in [4.78, 5) is 19.7. The molecule has 4 nitrogen and oxygen atoms in total. The van der Waals surface area contributed by atoms with Gasteiger partial charge in [0.05, 0.1) is 17.9 Å². The summed E-state index contributed by atoms with van der Waals surface area (Å²) in [5, 5.41) is 2.80. The number of nitrogens with one attached hydrogen (secondary N) is 1. The molecule has 0 aliphatic carbocycles. The molecular formula is C15H16FN3O. The molecule has 0 saturated carbocycles. The average molecular weight is 273 g/mol. The van der Waals surface area contributed by atoms with E-state index in [1.807, 2.05) is 6.92 Å². The molecule has 1 N–H and O–H groups in total. The Hall–Kier alpha value is -2.30. The highest BCUT2D eigenvalue weighted by Crippen LogP contribution is 2.17. The third-order valence-electron chi connectivity index (χ3n) is 2.81. The molecule has 1 aromatic carbocycles. The maximum atomic E-state index is 12.9. The molecule has 0 fully saturated rings. The molecule has 0 atom stereocenters. The van der Waals surface area contributed by atoms with Gasteiger partial charge in [-0.15, -0.1) is 0 Å². The second-order valence-corrected chi connectivity index (χ2v) is 4.43. The first-order valence-electron chi connectivity index (χ1n) is 6.52. The minimum absolute atomic E-state index is 0.00874. The molecule has 1 aromatic heterocycles. The van der Waals surface area contributed by atoms with Crippen LogP contribution in [0.4, 0.5) is 4.39 Å². The van der Waals surface area contributed by atoms with Crippen molar-refractivity contribution in [2.75, 3.05) is 0 Å². The van der Waals surface area contributed by atoms with E-state index in [4.69, 9.17) is 0 Å². The van der Waals surface area contributed by atoms with Crippen LogP contribution in [-0.4, -0.2) is 15.9 Å². The number of hydrogen-bond acceptors (Lipinski definition) is 3. The SMILES string of the molecule is CCCC(=O)NCc1cc(-c2ccc(F)cc2)ncn1. The van der Waals surface area contributed by atoms with Crippen molar-refractivity contribution in [2.45, 2.75) is 26.3 Å². The Morgan fingerprint density at radius 2 is 2.00 bits per heavy atom. The van der Waals surface area contributed by atoms with E-state index >= 15 is 0 Å². The second kappa shape index (κ2) is 6.75. The molecule has 1 amide bonds. The van der Waals surface area contributed by atoms with E-state index in [1.54, 1.807) is 18.2 Å². The summed E-state index contributed by atoms with van der Waals surface area (Å²) in [5.41, 5.74) is 2.25. The summed E-state index contributed by atoms with van der Waals surface area (Å²) in [5.74, 6) is -0.274. The monoisotopic (exact) mass is 273 g/mol. The zero-order valence-corrected chi connectivity index (χ0v) is 11.3. The normalized spacial score (nSPS) is 10.3. The Bertz CT molecular complexity index is 584. The van der Waals surface area contributed by atoms with Crippen molar-refractivity contribution in [3.05, 3.63) is 48.2 Å². The van der Waals surface area contributed by atoms with Gasteiger partial charge in [-0.25, -0.2) is 14.4 Å². The number of carbonyl (C=O) groups is 1. The number of halogens is 1. The maximum Gasteiger partial charge on any atom is 0.220 e. The largest absolute Gasteiger partial charge is 0.350 e. The first-order chi connectivity index (χ1) is 9.69. The van der Waals surface area contributed by atoms with Crippen LogP contribution in [0.15, 0.2) is 36.7 Å². The van der Waals surface area contributed by atoms with Crippen molar-refractivity contribution in [1.29, 1.82) is 0 Å². The number of amides is 1. The fourth-order valence-electron chi connectivity index (χ4n) is 1.78. The maximum absolute atomic E-state index is 12.9. The lowest BCUT2D eigenvalue weighted by atomic mass is 10.1. The molecule has 1 heterocycles. The molecule has 2 rings (SSSR count). The molecule has 0 aliphatic rings. The van der Waals surface area contributed by atoms with Gasteiger partial charge in [-0.2, -0.15) is 0 Å². The Morgan fingerprint density at radius 3 is 2.70 bits per heavy atom. The highest BCUT2D eigenvalue weighted by Gasteiger charge is 2.04. The summed E-state index contributed by atoms with van der Waals surface area (Å²) < 4.78 is 12.9. The van der Waals surface area contributed by atoms with Crippen LogP contribution in [0, 0.1) is 5.82 Å². The lowest BCUT2D eigenvalue weighted by molar-refractivity contribution is -0.121. The fourth-order valence-corrected chi connectivity index (χ4v) is 1.78. The number of rotatable bonds is 5. The minimum Gasteiger partial charge on any atom is -0.350 e. The second-order valence-electron chi connectivity index (χ2n) is 4.43. The predicted octanol–water partition coefficient (Wildman–Crippen LogP) is 2.70. The molecule has 0 saturated heterocycles. The van der Waals surface area contributed by atoms with Crippen molar-refractivity contribution in [3.8, 4) is 11.3 Å². The lowest BCUT2D eigenvalue weighted by Crippen LogP contribution is -2.22. The van der Waals surface area contributed by atoms with Crippen molar-refractivity contribution in [1.82, 2.24) is 15.3 Å². The van der Waals surface area contributed by atoms with Crippen LogP contribution < -0.4 is 5.32 Å². The first kappa shape index (κ1) is 14.1. The zero-order valence-electron chi connectivity index (χ0n) is 11.3. The van der Waals surface area contributed by atoms with Crippen LogP contribution in [0.1, 0.15) is 25.5 Å². The lowest BCUT2D eigenvalue weighted by Gasteiger charge is -2.06. The minimum atomic E-state index is -0.283. The van der Waals surface area contributed by atoms with Gasteiger partial charge in [0.2, 0.25) is 5.91 Å². The van der Waals surface area contributed by atoms with E-state index in [2.05, 4.69) is 15.3 Å². The Kier molecular flexibility index (Phi) is 4.76. The van der Waals surface area contributed by atoms with E-state index in [-0.39, 0.29) is 11.7 Å². The van der Waals surface area contributed by atoms with E-state index in [9.17, 15) is 9.18 Å². The summed E-state index contributed by atoms with van der Waals surface area (Å²) in [6.45, 7) is 2.33. The number of aromatic nitrogens is 2. The Labute approximate surface area is 117 Å². The topological polar surface area (TPSA) is 54.9 Å². The highest BCUT2D eigenvalue weighted by atomic mass is 19.1. The van der Waals surface area contributed by atoms with Gasteiger partial charge in [0, 0.05) is 12.0 Å². The van der Waals surface area contributed by atoms with Gasteiger partial charge in [-0.1, -0.05) is 6.92 Å².